The maximum absolute atomic E-state index is 13.6. The number of carbonyl (C=O) groups is 3. The van der Waals surface area contributed by atoms with Crippen LogP contribution in [0.4, 0.5) is 4.79 Å². The number of morpholine rings is 1. The Kier molecular flexibility index (Phi) is 9.45. The van der Waals surface area contributed by atoms with Crippen LogP contribution in [0.3, 0.4) is 0 Å². The quantitative estimate of drug-likeness (QED) is 0.509. The minimum Gasteiger partial charge on any atom is -0.444 e. The van der Waals surface area contributed by atoms with Gasteiger partial charge in [0.25, 0.3) is 5.91 Å². The van der Waals surface area contributed by atoms with E-state index in [-0.39, 0.29) is 24.9 Å². The molecule has 1 aromatic carbocycles. The number of fused-ring (bicyclic) bond motifs is 1. The third-order valence-electron chi connectivity index (χ3n) is 6.95. The molecule has 2 fully saturated rings. The Bertz CT molecular complexity index is 1150. The van der Waals surface area contributed by atoms with Crippen LogP contribution in [-0.2, 0) is 25.5 Å². The maximum atomic E-state index is 13.6. The zero-order chi connectivity index (χ0) is 28.0. The summed E-state index contributed by atoms with van der Waals surface area (Å²) in [5.74, 6) is -0.496. The van der Waals surface area contributed by atoms with Gasteiger partial charge in [0, 0.05) is 52.5 Å². The monoisotopic (exact) mass is 543 g/mol. The lowest BCUT2D eigenvalue weighted by molar-refractivity contribution is -0.141. The van der Waals surface area contributed by atoms with Crippen molar-refractivity contribution in [3.8, 4) is 0 Å². The number of aryl methyl sites for hydroxylation is 1. The van der Waals surface area contributed by atoms with Gasteiger partial charge in [-0.1, -0.05) is 12.1 Å². The van der Waals surface area contributed by atoms with Gasteiger partial charge in [-0.05, 0) is 52.2 Å². The number of hydrogen-bond donors (Lipinski definition) is 1. The number of para-hydroxylation sites is 2. The van der Waals surface area contributed by atoms with Crippen molar-refractivity contribution < 1.29 is 28.6 Å². The number of nitrogens with zero attached hydrogens (tertiary/aromatic N) is 4. The van der Waals surface area contributed by atoms with Crippen LogP contribution in [0.25, 0.3) is 11.0 Å². The zero-order valence-electron chi connectivity index (χ0n) is 23.5. The lowest BCUT2D eigenvalue weighted by atomic mass is 9.92. The second-order valence-electron chi connectivity index (χ2n) is 11.2. The Morgan fingerprint density at radius 1 is 1.08 bits per heavy atom. The van der Waals surface area contributed by atoms with E-state index in [0.29, 0.717) is 51.7 Å². The molecule has 39 heavy (non-hydrogen) atoms. The molecule has 2 atom stereocenters. The number of piperidine rings is 1. The molecule has 0 unspecified atom stereocenters. The summed E-state index contributed by atoms with van der Waals surface area (Å²) in [6, 6.07) is 7.24. The van der Waals surface area contributed by atoms with Crippen molar-refractivity contribution in [3.05, 3.63) is 30.1 Å². The van der Waals surface area contributed by atoms with Crippen LogP contribution in [0.2, 0.25) is 0 Å². The Balaban J connectivity index is 1.53. The molecule has 3 heterocycles. The predicted molar refractivity (Wildman–Crippen MR) is 145 cm³/mol. The van der Waals surface area contributed by atoms with E-state index in [2.05, 4.69) is 10.3 Å². The average molecular weight is 544 g/mol. The van der Waals surface area contributed by atoms with Gasteiger partial charge in [0.1, 0.15) is 5.60 Å². The standard InChI is InChI=1S/C28H41N5O6/c1-28(2,3)39-27(36)32-18-20(26(35)31-12-15-38-16-13-31)17-21(19-32)29-25(34)24-30-22-9-5-6-10-23(22)33(24)11-7-8-14-37-4/h5-6,9-10,20-21H,7-8,11-19H2,1-4H3,(H,29,34)/t20-,21+/m1/s1. The fourth-order valence-electron chi connectivity index (χ4n) is 5.14. The van der Waals surface area contributed by atoms with E-state index in [1.54, 1.807) is 12.0 Å². The van der Waals surface area contributed by atoms with Gasteiger partial charge in [0.2, 0.25) is 5.91 Å². The first-order chi connectivity index (χ1) is 18.7. The summed E-state index contributed by atoms with van der Waals surface area (Å²) in [7, 11) is 1.67. The zero-order valence-corrected chi connectivity index (χ0v) is 23.5. The van der Waals surface area contributed by atoms with Crippen molar-refractivity contribution in [2.45, 2.75) is 58.2 Å². The van der Waals surface area contributed by atoms with Crippen LogP contribution < -0.4 is 5.32 Å². The average Bonchev–Trinajstić information content (AvgIpc) is 3.29. The van der Waals surface area contributed by atoms with Crippen LogP contribution in [0.5, 0.6) is 0 Å². The normalized spacial score (nSPS) is 20.2. The summed E-state index contributed by atoms with van der Waals surface area (Å²) in [6.45, 7) is 9.22. The SMILES string of the molecule is COCCCCn1c(C(=O)N[C@H]2C[C@@H](C(=O)N3CCOCC3)CN(C(=O)OC(C)(C)C)C2)nc2ccccc21. The van der Waals surface area contributed by atoms with Gasteiger partial charge >= 0.3 is 6.09 Å². The first kappa shape index (κ1) is 28.8. The number of imidazole rings is 1. The molecule has 1 aromatic heterocycles. The van der Waals surface area contributed by atoms with Gasteiger partial charge in [-0.25, -0.2) is 9.78 Å². The molecule has 0 spiro atoms. The van der Waals surface area contributed by atoms with Gasteiger partial charge in [-0.15, -0.1) is 0 Å². The van der Waals surface area contributed by atoms with Crippen molar-refractivity contribution in [1.82, 2.24) is 24.7 Å². The van der Waals surface area contributed by atoms with E-state index in [1.807, 2.05) is 49.6 Å². The molecule has 11 heteroatoms. The number of ether oxygens (including phenoxy) is 3. The smallest absolute Gasteiger partial charge is 0.410 e. The molecule has 3 amide bonds. The minimum absolute atomic E-state index is 0.0313. The number of rotatable bonds is 8. The molecule has 0 bridgehead atoms. The summed E-state index contributed by atoms with van der Waals surface area (Å²) < 4.78 is 18.1. The number of unbranched alkanes of at least 4 members (excludes halogenated alkanes) is 1. The van der Waals surface area contributed by atoms with E-state index < -0.39 is 23.7 Å². The van der Waals surface area contributed by atoms with Crippen LogP contribution in [0.1, 0.15) is 50.7 Å². The highest BCUT2D eigenvalue weighted by atomic mass is 16.6. The largest absolute Gasteiger partial charge is 0.444 e. The van der Waals surface area contributed by atoms with Crippen LogP contribution in [0.15, 0.2) is 24.3 Å². The Morgan fingerprint density at radius 3 is 2.54 bits per heavy atom. The molecule has 0 aliphatic carbocycles. The van der Waals surface area contributed by atoms with Crippen molar-refractivity contribution in [3.63, 3.8) is 0 Å². The van der Waals surface area contributed by atoms with E-state index in [9.17, 15) is 14.4 Å². The molecule has 2 aromatic rings. The van der Waals surface area contributed by atoms with Crippen molar-refractivity contribution in [1.29, 1.82) is 0 Å². The number of benzene rings is 1. The minimum atomic E-state index is -0.676. The highest BCUT2D eigenvalue weighted by Crippen LogP contribution is 2.24. The van der Waals surface area contributed by atoms with Gasteiger partial charge in [0.05, 0.1) is 30.2 Å². The maximum Gasteiger partial charge on any atom is 0.410 e. The predicted octanol–water partition coefficient (Wildman–Crippen LogP) is 2.68. The van der Waals surface area contributed by atoms with Crippen molar-refractivity contribution >= 4 is 28.9 Å². The van der Waals surface area contributed by atoms with E-state index >= 15 is 0 Å². The molecule has 0 radical (unpaired) electrons. The number of amides is 3. The molecule has 214 valence electrons. The van der Waals surface area contributed by atoms with E-state index in [4.69, 9.17) is 14.2 Å². The fraction of sp³-hybridized carbons (Fsp3) is 0.643. The lowest BCUT2D eigenvalue weighted by Gasteiger charge is -2.40. The third-order valence-corrected chi connectivity index (χ3v) is 6.95. The van der Waals surface area contributed by atoms with E-state index in [1.165, 1.54) is 4.90 Å². The molecule has 4 rings (SSSR count). The fourth-order valence-corrected chi connectivity index (χ4v) is 5.14. The molecular weight excluding hydrogens is 502 g/mol. The molecule has 2 aliphatic heterocycles. The number of hydrogen-bond acceptors (Lipinski definition) is 7. The summed E-state index contributed by atoms with van der Waals surface area (Å²) >= 11 is 0. The molecule has 2 aliphatic rings. The van der Waals surface area contributed by atoms with Crippen LogP contribution in [-0.4, -0.2) is 102 Å². The van der Waals surface area contributed by atoms with Crippen molar-refractivity contribution in [2.75, 3.05) is 53.1 Å². The number of likely N-dealkylation sites (tertiary alicyclic amines) is 1. The summed E-state index contributed by atoms with van der Waals surface area (Å²) in [5, 5.41) is 3.08. The van der Waals surface area contributed by atoms with Crippen LogP contribution >= 0.6 is 0 Å². The molecule has 0 saturated carbocycles. The summed E-state index contributed by atoms with van der Waals surface area (Å²) in [4.78, 5) is 48.0. The molecule has 2 saturated heterocycles. The number of aromatic nitrogens is 2. The number of methoxy groups -OCH3 is 1. The number of carbonyl (C=O) groups excluding carboxylic acids is 3. The van der Waals surface area contributed by atoms with Gasteiger partial charge < -0.3 is 33.9 Å². The molecule has 1 N–H and O–H groups in total. The topological polar surface area (TPSA) is 115 Å². The Hall–Kier alpha value is -3.18. The van der Waals surface area contributed by atoms with E-state index in [0.717, 1.165) is 23.9 Å². The van der Waals surface area contributed by atoms with Gasteiger partial charge in [-0.2, -0.15) is 0 Å². The second kappa shape index (κ2) is 12.8. The first-order valence-electron chi connectivity index (χ1n) is 13.8. The van der Waals surface area contributed by atoms with Gasteiger partial charge in [0.15, 0.2) is 5.82 Å². The third kappa shape index (κ3) is 7.48. The first-order valence-corrected chi connectivity index (χ1v) is 13.8. The summed E-state index contributed by atoms with van der Waals surface area (Å²) in [6.07, 6.45) is 1.63. The summed E-state index contributed by atoms with van der Waals surface area (Å²) in [5.41, 5.74) is 0.957. The second-order valence-corrected chi connectivity index (χ2v) is 11.2. The van der Waals surface area contributed by atoms with Gasteiger partial charge in [-0.3, -0.25) is 9.59 Å². The molecular formula is C28H41N5O6. The van der Waals surface area contributed by atoms with Crippen molar-refractivity contribution in [2.24, 2.45) is 5.92 Å². The van der Waals surface area contributed by atoms with Crippen LogP contribution in [0, 0.1) is 5.92 Å². The Morgan fingerprint density at radius 2 is 1.82 bits per heavy atom. The lowest BCUT2D eigenvalue weighted by Crippen LogP contribution is -2.57. The Labute approximate surface area is 229 Å². The highest BCUT2D eigenvalue weighted by molar-refractivity contribution is 5.95. The number of nitrogens with one attached hydrogen (secondary N) is 1. The molecule has 11 nitrogen and oxygen atoms in total. The highest BCUT2D eigenvalue weighted by Gasteiger charge is 2.38.